The zero-order valence-electron chi connectivity index (χ0n) is 10.1. The third kappa shape index (κ3) is 3.71. The minimum absolute atomic E-state index is 0.0973. The van der Waals surface area contributed by atoms with Crippen LogP contribution in [0.2, 0.25) is 0 Å². The van der Waals surface area contributed by atoms with Crippen molar-refractivity contribution < 1.29 is 4.79 Å². The van der Waals surface area contributed by atoms with E-state index in [0.29, 0.717) is 5.56 Å². The van der Waals surface area contributed by atoms with Crippen molar-refractivity contribution >= 4 is 34.4 Å². The summed E-state index contributed by atoms with van der Waals surface area (Å²) < 4.78 is 3.55. The van der Waals surface area contributed by atoms with Crippen molar-refractivity contribution in [3.05, 3.63) is 35.9 Å². The molecule has 1 fully saturated rings. The molecule has 1 N–H and O–H groups in total. The number of nitrogens with one attached hydrogen (secondary N) is 1. The van der Waals surface area contributed by atoms with Crippen molar-refractivity contribution in [1.29, 1.82) is 0 Å². The maximum absolute atomic E-state index is 11.8. The molecule has 0 radical (unpaired) electrons. The van der Waals surface area contributed by atoms with E-state index in [1.165, 1.54) is 31.2 Å². The lowest BCUT2D eigenvalue weighted by Crippen LogP contribution is -2.34. The molecule has 3 nitrogen and oxygen atoms in total. The molecule has 0 atom stereocenters. The van der Waals surface area contributed by atoms with Crippen molar-refractivity contribution in [2.45, 2.75) is 19.3 Å². The minimum Gasteiger partial charge on any atom is -0.356 e. The normalized spacial score (nSPS) is 15.2. The number of nitrogens with zero attached hydrogens (tertiary/aromatic N) is 1. The SMILES string of the molecule is O=C(NSC(=S)N1CCCCC1)c1ccccc1. The van der Waals surface area contributed by atoms with Gasteiger partial charge in [0.05, 0.1) is 0 Å². The fourth-order valence-electron chi connectivity index (χ4n) is 1.88. The van der Waals surface area contributed by atoms with Crippen molar-refractivity contribution in [3.63, 3.8) is 0 Å². The minimum atomic E-state index is -0.0973. The molecule has 1 aliphatic heterocycles. The Morgan fingerprint density at radius 2 is 1.83 bits per heavy atom. The van der Waals surface area contributed by atoms with Gasteiger partial charge in [0, 0.05) is 30.6 Å². The van der Waals surface area contributed by atoms with E-state index in [4.69, 9.17) is 12.2 Å². The number of piperidine rings is 1. The molecule has 0 aromatic heterocycles. The van der Waals surface area contributed by atoms with E-state index in [1.807, 2.05) is 18.2 Å². The zero-order chi connectivity index (χ0) is 12.8. The van der Waals surface area contributed by atoms with Crippen molar-refractivity contribution in [2.75, 3.05) is 13.1 Å². The fourth-order valence-corrected chi connectivity index (χ4v) is 2.80. The van der Waals surface area contributed by atoms with Crippen molar-refractivity contribution in [1.82, 2.24) is 9.62 Å². The van der Waals surface area contributed by atoms with Crippen LogP contribution in [0.25, 0.3) is 0 Å². The summed E-state index contributed by atoms with van der Waals surface area (Å²) in [5.41, 5.74) is 0.659. The Labute approximate surface area is 117 Å². The second-order valence-electron chi connectivity index (χ2n) is 4.21. The zero-order valence-corrected chi connectivity index (χ0v) is 11.7. The van der Waals surface area contributed by atoms with Gasteiger partial charge in [0.15, 0.2) is 4.32 Å². The molecule has 1 aromatic rings. The number of amides is 1. The van der Waals surface area contributed by atoms with Crippen molar-refractivity contribution in [3.8, 4) is 0 Å². The van der Waals surface area contributed by atoms with Crippen LogP contribution in [0.1, 0.15) is 29.6 Å². The van der Waals surface area contributed by atoms with E-state index < -0.39 is 0 Å². The molecule has 5 heteroatoms. The van der Waals surface area contributed by atoms with Crippen LogP contribution in [0.15, 0.2) is 30.3 Å². The average molecular weight is 280 g/mol. The van der Waals surface area contributed by atoms with E-state index in [-0.39, 0.29) is 5.91 Å². The molecule has 1 amide bonds. The summed E-state index contributed by atoms with van der Waals surface area (Å²) in [6, 6.07) is 9.17. The average Bonchev–Trinajstić information content (AvgIpc) is 2.46. The van der Waals surface area contributed by atoms with Crippen LogP contribution in [-0.4, -0.2) is 28.2 Å². The highest BCUT2D eigenvalue weighted by atomic mass is 32.2. The predicted octanol–water partition coefficient (Wildman–Crippen LogP) is 2.84. The molecular formula is C13H16N2OS2. The molecule has 1 saturated heterocycles. The third-order valence-corrected chi connectivity index (χ3v) is 4.11. The lowest BCUT2D eigenvalue weighted by molar-refractivity contribution is 0.0984. The van der Waals surface area contributed by atoms with E-state index >= 15 is 0 Å². The van der Waals surface area contributed by atoms with Crippen LogP contribution in [0, 0.1) is 0 Å². The highest BCUT2D eigenvalue weighted by Gasteiger charge is 2.15. The summed E-state index contributed by atoms with van der Waals surface area (Å²) >= 11 is 6.56. The Morgan fingerprint density at radius 3 is 2.50 bits per heavy atom. The van der Waals surface area contributed by atoms with Crippen LogP contribution in [0.4, 0.5) is 0 Å². The first-order valence-corrected chi connectivity index (χ1v) is 7.31. The number of likely N-dealkylation sites (tertiary alicyclic amines) is 1. The van der Waals surface area contributed by atoms with Crippen LogP contribution in [0.5, 0.6) is 0 Å². The molecule has 1 heterocycles. The Kier molecular flexibility index (Phi) is 5.01. The Hall–Kier alpha value is -1.07. The van der Waals surface area contributed by atoms with Gasteiger partial charge in [-0.05, 0) is 31.4 Å². The second-order valence-corrected chi connectivity index (χ2v) is 5.65. The fraction of sp³-hybridized carbons (Fsp3) is 0.385. The topological polar surface area (TPSA) is 32.3 Å². The Morgan fingerprint density at radius 1 is 1.17 bits per heavy atom. The molecule has 0 bridgehead atoms. The maximum Gasteiger partial charge on any atom is 0.261 e. The van der Waals surface area contributed by atoms with E-state index in [2.05, 4.69) is 9.62 Å². The predicted molar refractivity (Wildman–Crippen MR) is 79.5 cm³/mol. The molecule has 0 unspecified atom stereocenters. The molecule has 0 spiro atoms. The number of carbonyl (C=O) groups is 1. The van der Waals surface area contributed by atoms with Crippen LogP contribution < -0.4 is 4.72 Å². The highest BCUT2D eigenvalue weighted by Crippen LogP contribution is 2.14. The molecule has 18 heavy (non-hydrogen) atoms. The van der Waals surface area contributed by atoms with Crippen LogP contribution >= 0.6 is 24.2 Å². The number of hydrogen-bond acceptors (Lipinski definition) is 3. The van der Waals surface area contributed by atoms with E-state index in [1.54, 1.807) is 12.1 Å². The molecule has 1 aromatic carbocycles. The standard InChI is InChI=1S/C13H16N2OS2/c16-12(11-7-3-1-4-8-11)14-18-13(17)15-9-5-2-6-10-15/h1,3-4,7-8H,2,5-6,9-10H2,(H,14,16). The lowest BCUT2D eigenvalue weighted by atomic mass is 10.1. The van der Waals surface area contributed by atoms with Gasteiger partial charge in [-0.15, -0.1) is 0 Å². The first-order valence-electron chi connectivity index (χ1n) is 6.08. The lowest BCUT2D eigenvalue weighted by Gasteiger charge is -2.28. The Bertz CT molecular complexity index is 416. The number of carbonyl (C=O) groups excluding carboxylic acids is 1. The quantitative estimate of drug-likeness (QED) is 0.633. The second kappa shape index (κ2) is 6.75. The molecule has 0 aliphatic carbocycles. The summed E-state index contributed by atoms with van der Waals surface area (Å²) in [5.74, 6) is -0.0973. The molecular weight excluding hydrogens is 264 g/mol. The monoisotopic (exact) mass is 280 g/mol. The van der Waals surface area contributed by atoms with E-state index in [9.17, 15) is 4.79 Å². The van der Waals surface area contributed by atoms with Crippen LogP contribution in [-0.2, 0) is 0 Å². The van der Waals surface area contributed by atoms with Gasteiger partial charge in [0.2, 0.25) is 0 Å². The maximum atomic E-state index is 11.8. The van der Waals surface area contributed by atoms with Gasteiger partial charge in [-0.25, -0.2) is 0 Å². The summed E-state index contributed by atoms with van der Waals surface area (Å²) in [6.45, 7) is 2.01. The molecule has 0 saturated carbocycles. The smallest absolute Gasteiger partial charge is 0.261 e. The van der Waals surface area contributed by atoms with Crippen molar-refractivity contribution in [2.24, 2.45) is 0 Å². The van der Waals surface area contributed by atoms with Gasteiger partial charge in [-0.3, -0.25) is 9.52 Å². The van der Waals surface area contributed by atoms with Gasteiger partial charge in [-0.2, -0.15) is 0 Å². The van der Waals surface area contributed by atoms with Gasteiger partial charge < -0.3 is 4.90 Å². The van der Waals surface area contributed by atoms with Gasteiger partial charge in [0.1, 0.15) is 0 Å². The van der Waals surface area contributed by atoms with Gasteiger partial charge in [-0.1, -0.05) is 30.4 Å². The van der Waals surface area contributed by atoms with Gasteiger partial charge in [0.25, 0.3) is 5.91 Å². The summed E-state index contributed by atoms with van der Waals surface area (Å²) in [4.78, 5) is 14.0. The number of hydrogen-bond donors (Lipinski definition) is 1. The van der Waals surface area contributed by atoms with E-state index in [0.717, 1.165) is 17.4 Å². The first kappa shape index (κ1) is 13.4. The van der Waals surface area contributed by atoms with Gasteiger partial charge >= 0.3 is 0 Å². The summed E-state index contributed by atoms with van der Waals surface area (Å²) in [5, 5.41) is 0. The Balaban J connectivity index is 1.80. The highest BCUT2D eigenvalue weighted by molar-refractivity contribution is 8.22. The number of rotatable bonds is 1. The number of thiocarbonyl (C=S) groups is 1. The number of benzene rings is 1. The summed E-state index contributed by atoms with van der Waals surface area (Å²) in [6.07, 6.45) is 3.65. The molecule has 96 valence electrons. The first-order chi connectivity index (χ1) is 8.77. The largest absolute Gasteiger partial charge is 0.356 e. The molecule has 2 rings (SSSR count). The molecule has 1 aliphatic rings. The third-order valence-electron chi connectivity index (χ3n) is 2.88. The van der Waals surface area contributed by atoms with Crippen LogP contribution in [0.3, 0.4) is 0 Å². The summed E-state index contributed by atoms with van der Waals surface area (Å²) in [7, 11) is 0.